The number of allylic oxidation sites excluding steroid dienone is 8. The molecule has 0 aromatic heterocycles. The molecule has 0 fully saturated rings. The number of carbonyl (C=O) groups is 3. The fraction of sp³-hybridized carbons (Fsp3) is 0.373. The van der Waals surface area contributed by atoms with E-state index >= 15 is 0 Å². The van der Waals surface area contributed by atoms with Crippen LogP contribution in [0.4, 0.5) is 11.4 Å². The summed E-state index contributed by atoms with van der Waals surface area (Å²) in [6, 6.07) is 11.5. The molecule has 0 spiro atoms. The first-order chi connectivity index (χ1) is 34.7. The van der Waals surface area contributed by atoms with Gasteiger partial charge in [0.1, 0.15) is 16.9 Å². The quantitative estimate of drug-likeness (QED) is 0.0263. The number of hydrogen-bond donors (Lipinski definition) is 7. The number of rotatable bonds is 17. The normalized spacial score (nSPS) is 19.8. The van der Waals surface area contributed by atoms with Crippen molar-refractivity contribution >= 4 is 96.9 Å². The number of aryl methyl sites for hydroxylation is 1. The Bertz CT molecular complexity index is 3760. The zero-order valence-electron chi connectivity index (χ0n) is 42.1. The van der Waals surface area contributed by atoms with Crippen LogP contribution in [0.5, 0.6) is 0 Å². The van der Waals surface area contributed by atoms with Gasteiger partial charge in [-0.1, -0.05) is 38.1 Å². The van der Waals surface area contributed by atoms with E-state index in [0.29, 0.717) is 58.2 Å². The van der Waals surface area contributed by atoms with Crippen LogP contribution in [-0.4, -0.2) is 117 Å². The van der Waals surface area contributed by atoms with Gasteiger partial charge in [0, 0.05) is 65.9 Å². The largest absolute Gasteiger partial charge is 0.481 e. The Morgan fingerprint density at radius 1 is 0.707 bits per heavy atom. The SMILES string of the molecule is CCN1/C(=C/C=C2C=C(/C=C/C3=[N+](CC)c4ccc5c(C)cc(S(=O)(=O)O)cc5c4C3(C)C)CC(C(=O)NCCCC(=O)O)(C(=O)NCCS(=O)(=O)O)C/2)C(C)(C)c2c1ccc1c(S(=O)(=O)O)cc(S(=O)(=O)O)cc21. The van der Waals surface area contributed by atoms with Gasteiger partial charge >= 0.3 is 5.97 Å². The Kier molecular flexibility index (Phi) is 15.2. The van der Waals surface area contributed by atoms with Crippen LogP contribution in [0.3, 0.4) is 0 Å². The molecule has 2 amide bonds. The van der Waals surface area contributed by atoms with Crippen molar-refractivity contribution in [2.45, 2.75) is 99.7 Å². The van der Waals surface area contributed by atoms with Gasteiger partial charge in [-0.25, -0.2) is 0 Å². The molecule has 7 N–H and O–H groups in total. The number of carboxylic acids is 1. The van der Waals surface area contributed by atoms with Crippen LogP contribution in [0.25, 0.3) is 21.5 Å². The minimum atomic E-state index is -5.02. The molecule has 0 saturated heterocycles. The lowest BCUT2D eigenvalue weighted by Gasteiger charge is -2.35. The van der Waals surface area contributed by atoms with E-state index in [1.54, 1.807) is 51.1 Å². The highest BCUT2D eigenvalue weighted by molar-refractivity contribution is 7.87. The molecule has 4 aromatic carbocycles. The molecule has 7 rings (SSSR count). The van der Waals surface area contributed by atoms with Crippen LogP contribution in [0.15, 0.2) is 110 Å². The number of amides is 2. The molecule has 4 aromatic rings. The zero-order chi connectivity index (χ0) is 55.6. The standard InChI is InChI=1S/C51H58N4O16S4/c1-8-54-39-16-14-35-30(3)23-33(73(63,64)65)25-37(35)45(39)49(4,5)42(54)18-12-31-24-32(29-51(28-31,47(58)52-20-10-11-44(56)57)48(59)53-21-22-72(60,61)62)13-19-43-50(6,7)46-38-26-34(74(66,67)68)27-41(75(69,70)71)36(38)15-17-40(46)55(43)9-2/h12-19,23-27H,8-11,20-22,28-29H2,1-7H3,(H6-,52,53,56,57,58,59,60,61,62,63,64,65,66,67,68,69,70,71)/p+1. The molecule has 2 aliphatic heterocycles. The van der Waals surface area contributed by atoms with Crippen molar-refractivity contribution in [2.75, 3.05) is 36.8 Å². The molecule has 24 heteroatoms. The summed E-state index contributed by atoms with van der Waals surface area (Å²) in [5.74, 6) is -3.69. The van der Waals surface area contributed by atoms with E-state index in [0.717, 1.165) is 28.4 Å². The lowest BCUT2D eigenvalue weighted by atomic mass is 9.70. The summed E-state index contributed by atoms with van der Waals surface area (Å²) >= 11 is 0. The highest BCUT2D eigenvalue weighted by Gasteiger charge is 2.50. The molecule has 0 bridgehead atoms. The van der Waals surface area contributed by atoms with Gasteiger partial charge in [-0.3, -0.25) is 32.6 Å². The van der Waals surface area contributed by atoms with E-state index in [9.17, 15) is 71.4 Å². The Balaban J connectivity index is 1.42. The molecular weight excluding hydrogens is 1050 g/mol. The fourth-order valence-electron chi connectivity index (χ4n) is 10.9. The van der Waals surface area contributed by atoms with Crippen molar-refractivity contribution in [2.24, 2.45) is 5.41 Å². The van der Waals surface area contributed by atoms with Crippen LogP contribution in [0.2, 0.25) is 0 Å². The number of fused-ring (bicyclic) bond motifs is 6. The van der Waals surface area contributed by atoms with Crippen LogP contribution >= 0.6 is 0 Å². The summed E-state index contributed by atoms with van der Waals surface area (Å²) in [5, 5.41) is 16.0. The van der Waals surface area contributed by atoms with E-state index in [1.165, 1.54) is 18.2 Å². The van der Waals surface area contributed by atoms with Gasteiger partial charge in [0.25, 0.3) is 40.5 Å². The summed E-state index contributed by atoms with van der Waals surface area (Å²) in [5.41, 5.74) is 1.43. The third-order valence-electron chi connectivity index (χ3n) is 14.2. The van der Waals surface area contributed by atoms with Gasteiger partial charge in [0.2, 0.25) is 17.5 Å². The number of benzene rings is 4. The van der Waals surface area contributed by atoms with Gasteiger partial charge in [0.05, 0.1) is 21.0 Å². The minimum absolute atomic E-state index is 0.00824. The van der Waals surface area contributed by atoms with Crippen molar-refractivity contribution in [3.8, 4) is 0 Å². The Morgan fingerprint density at radius 2 is 1.31 bits per heavy atom. The Morgan fingerprint density at radius 3 is 1.88 bits per heavy atom. The summed E-state index contributed by atoms with van der Waals surface area (Å²) in [7, 11) is -19.2. The number of aliphatic carboxylic acids is 1. The third-order valence-corrected chi connectivity index (χ3v) is 17.5. The lowest BCUT2D eigenvalue weighted by Crippen LogP contribution is -2.53. The predicted molar refractivity (Wildman–Crippen MR) is 281 cm³/mol. The lowest BCUT2D eigenvalue weighted by molar-refractivity contribution is -0.433. The fourth-order valence-corrected chi connectivity index (χ4v) is 13.2. The molecule has 2 heterocycles. The Labute approximate surface area is 435 Å². The number of anilines is 1. The average Bonchev–Trinajstić information content (AvgIpc) is 3.67. The van der Waals surface area contributed by atoms with Crippen LogP contribution < -0.4 is 15.5 Å². The van der Waals surface area contributed by atoms with E-state index in [-0.39, 0.29) is 47.9 Å². The highest BCUT2D eigenvalue weighted by Crippen LogP contribution is 2.52. The molecule has 1 atom stereocenters. The second kappa shape index (κ2) is 20.1. The zero-order valence-corrected chi connectivity index (χ0v) is 45.4. The number of nitrogens with one attached hydrogen (secondary N) is 2. The molecule has 75 heavy (non-hydrogen) atoms. The molecule has 1 unspecified atom stereocenters. The first-order valence-electron chi connectivity index (χ1n) is 23.7. The van der Waals surface area contributed by atoms with Gasteiger partial charge in [-0.2, -0.15) is 38.2 Å². The summed E-state index contributed by atoms with van der Waals surface area (Å²) in [4.78, 5) is 40.8. The van der Waals surface area contributed by atoms with E-state index in [1.807, 2.05) is 55.4 Å². The van der Waals surface area contributed by atoms with Crippen LogP contribution in [-0.2, 0) is 65.7 Å². The molecule has 1 aliphatic carbocycles. The minimum Gasteiger partial charge on any atom is -0.481 e. The smallest absolute Gasteiger partial charge is 0.303 e. The first-order valence-corrected chi connectivity index (χ1v) is 29.7. The second-order valence-corrected chi connectivity index (χ2v) is 25.7. The average molecular weight is 1110 g/mol. The van der Waals surface area contributed by atoms with Gasteiger partial charge in [-0.15, -0.1) is 0 Å². The third kappa shape index (κ3) is 11.0. The maximum atomic E-state index is 14.7. The first kappa shape index (κ1) is 56.6. The molecule has 20 nitrogen and oxygen atoms in total. The van der Waals surface area contributed by atoms with E-state index in [2.05, 4.69) is 10.6 Å². The van der Waals surface area contributed by atoms with Crippen molar-refractivity contribution < 1.29 is 75.9 Å². The van der Waals surface area contributed by atoms with E-state index < -0.39 is 96.6 Å². The number of hydrogen-bond acceptors (Lipinski definition) is 12. The molecular formula is C51H59N4O16S4+. The number of likely N-dealkylation sites (N-methyl/N-ethyl adjacent to an activating group) is 1. The summed E-state index contributed by atoms with van der Waals surface area (Å²) < 4.78 is 141. The molecule has 0 radical (unpaired) electrons. The maximum absolute atomic E-state index is 14.7. The predicted octanol–water partition coefficient (Wildman–Crippen LogP) is 6.31. The number of carboxylic acid groups (broad SMARTS) is 1. The Hall–Kier alpha value is -6.12. The van der Waals surface area contributed by atoms with E-state index in [4.69, 9.17) is 0 Å². The van der Waals surface area contributed by atoms with Gasteiger partial charge in [-0.05, 0) is 135 Å². The summed E-state index contributed by atoms with van der Waals surface area (Å²) in [6.07, 6.45) is 7.91. The van der Waals surface area contributed by atoms with Crippen LogP contribution in [0, 0.1) is 12.3 Å². The molecule has 0 saturated carbocycles. The molecule has 3 aliphatic rings. The summed E-state index contributed by atoms with van der Waals surface area (Å²) in [6.45, 7) is 13.1. The maximum Gasteiger partial charge on any atom is 0.303 e. The number of nitrogens with zero attached hydrogens (tertiary/aromatic N) is 2. The van der Waals surface area contributed by atoms with Crippen molar-refractivity contribution in [1.29, 1.82) is 0 Å². The van der Waals surface area contributed by atoms with Crippen molar-refractivity contribution in [3.05, 3.63) is 112 Å². The second-order valence-electron chi connectivity index (χ2n) is 19.9. The highest BCUT2D eigenvalue weighted by atomic mass is 32.2. The monoisotopic (exact) mass is 1110 g/mol. The van der Waals surface area contributed by atoms with Crippen molar-refractivity contribution in [3.63, 3.8) is 0 Å². The van der Waals surface area contributed by atoms with Gasteiger partial charge in [0.15, 0.2) is 5.71 Å². The molecule has 402 valence electrons. The van der Waals surface area contributed by atoms with Crippen molar-refractivity contribution in [1.82, 2.24) is 10.6 Å². The number of carbonyl (C=O) groups excluding carboxylic acids is 2. The van der Waals surface area contributed by atoms with Gasteiger partial charge < -0.3 is 20.6 Å². The van der Waals surface area contributed by atoms with Crippen LogP contribution in [0.1, 0.15) is 83.9 Å². The topological polar surface area (TPSA) is 319 Å².